The van der Waals surface area contributed by atoms with Crippen LogP contribution in [0.2, 0.25) is 0 Å². The summed E-state index contributed by atoms with van der Waals surface area (Å²) in [5.74, 6) is 1.000. The molecule has 0 aromatic rings. The summed E-state index contributed by atoms with van der Waals surface area (Å²) in [5, 5.41) is 3.73. The average molecular weight is 224 g/mol. The maximum Gasteiger partial charge on any atom is 0.0107 e. The Balaban J connectivity index is 1.55. The summed E-state index contributed by atoms with van der Waals surface area (Å²) < 4.78 is 0. The second-order valence-electron chi connectivity index (χ2n) is 5.85. The molecule has 0 radical (unpaired) electrons. The molecular formula is C14H28N2. The van der Waals surface area contributed by atoms with Gasteiger partial charge in [0.05, 0.1) is 0 Å². The first kappa shape index (κ1) is 12.4. The molecule has 0 aromatic carbocycles. The van der Waals surface area contributed by atoms with E-state index in [1.165, 1.54) is 58.0 Å². The highest BCUT2D eigenvalue weighted by atomic mass is 15.1. The van der Waals surface area contributed by atoms with Gasteiger partial charge in [-0.2, -0.15) is 0 Å². The first-order valence-electron chi connectivity index (χ1n) is 7.21. The van der Waals surface area contributed by atoms with E-state index >= 15 is 0 Å². The van der Waals surface area contributed by atoms with Crippen molar-refractivity contribution >= 4 is 0 Å². The minimum atomic E-state index is 0.799. The Hall–Kier alpha value is -0.0800. The van der Waals surface area contributed by atoms with Crippen molar-refractivity contribution in [2.24, 2.45) is 5.92 Å². The molecule has 2 heteroatoms. The Kier molecular flexibility index (Phi) is 4.66. The van der Waals surface area contributed by atoms with Crippen molar-refractivity contribution < 1.29 is 0 Å². The largest absolute Gasteiger partial charge is 0.313 e. The van der Waals surface area contributed by atoms with Gasteiger partial charge in [0.1, 0.15) is 0 Å². The van der Waals surface area contributed by atoms with Gasteiger partial charge in [0.2, 0.25) is 0 Å². The summed E-state index contributed by atoms with van der Waals surface area (Å²) in [6.07, 6.45) is 10.1. The molecule has 2 aliphatic carbocycles. The zero-order chi connectivity index (χ0) is 11.4. The van der Waals surface area contributed by atoms with Crippen LogP contribution in [0.4, 0.5) is 0 Å². The molecule has 94 valence electrons. The van der Waals surface area contributed by atoms with Gasteiger partial charge in [0.15, 0.2) is 0 Å². The highest BCUT2D eigenvalue weighted by molar-refractivity contribution is 4.84. The second-order valence-corrected chi connectivity index (χ2v) is 5.85. The lowest BCUT2D eigenvalue weighted by molar-refractivity contribution is 0.228. The summed E-state index contributed by atoms with van der Waals surface area (Å²) in [6, 6.07) is 1.62. The molecule has 0 saturated heterocycles. The van der Waals surface area contributed by atoms with E-state index in [-0.39, 0.29) is 0 Å². The summed E-state index contributed by atoms with van der Waals surface area (Å²) in [5.41, 5.74) is 0. The average Bonchev–Trinajstić information content (AvgIpc) is 3.13. The van der Waals surface area contributed by atoms with Crippen molar-refractivity contribution in [3.63, 3.8) is 0 Å². The quantitative estimate of drug-likeness (QED) is 0.746. The molecule has 0 spiro atoms. The van der Waals surface area contributed by atoms with Crippen LogP contribution in [-0.2, 0) is 0 Å². The van der Waals surface area contributed by atoms with Crippen LogP contribution in [0, 0.1) is 5.92 Å². The van der Waals surface area contributed by atoms with Crippen LogP contribution in [0.15, 0.2) is 0 Å². The number of likely N-dealkylation sites (N-methyl/N-ethyl adjacent to an activating group) is 1. The molecule has 2 fully saturated rings. The van der Waals surface area contributed by atoms with Gasteiger partial charge in [-0.25, -0.2) is 0 Å². The van der Waals surface area contributed by atoms with Crippen molar-refractivity contribution in [2.75, 3.05) is 20.1 Å². The van der Waals surface area contributed by atoms with Crippen LogP contribution < -0.4 is 5.32 Å². The summed E-state index contributed by atoms with van der Waals surface area (Å²) in [7, 11) is 2.28. The normalized spacial score (nSPS) is 24.9. The van der Waals surface area contributed by atoms with Gasteiger partial charge in [-0.1, -0.05) is 19.3 Å². The highest BCUT2D eigenvalue weighted by Crippen LogP contribution is 2.34. The van der Waals surface area contributed by atoms with E-state index in [1.54, 1.807) is 0 Å². The van der Waals surface area contributed by atoms with Crippen LogP contribution in [0.25, 0.3) is 0 Å². The maximum absolute atomic E-state index is 3.73. The highest BCUT2D eigenvalue weighted by Gasteiger charge is 2.30. The molecule has 0 amide bonds. The van der Waals surface area contributed by atoms with Gasteiger partial charge in [-0.05, 0) is 45.6 Å². The van der Waals surface area contributed by atoms with Crippen molar-refractivity contribution in [3.8, 4) is 0 Å². The molecule has 0 heterocycles. The van der Waals surface area contributed by atoms with Crippen LogP contribution >= 0.6 is 0 Å². The monoisotopic (exact) mass is 224 g/mol. The zero-order valence-electron chi connectivity index (χ0n) is 11.0. The Morgan fingerprint density at radius 2 is 1.81 bits per heavy atom. The zero-order valence-corrected chi connectivity index (χ0v) is 11.0. The number of hydrogen-bond donors (Lipinski definition) is 1. The van der Waals surface area contributed by atoms with Gasteiger partial charge in [-0.15, -0.1) is 0 Å². The molecule has 1 N–H and O–H groups in total. The fraction of sp³-hybridized carbons (Fsp3) is 1.00. The minimum Gasteiger partial charge on any atom is -0.313 e. The van der Waals surface area contributed by atoms with Gasteiger partial charge in [0, 0.05) is 25.2 Å². The fourth-order valence-electron chi connectivity index (χ4n) is 2.89. The summed E-state index contributed by atoms with van der Waals surface area (Å²) in [6.45, 7) is 4.78. The Labute approximate surface area is 101 Å². The van der Waals surface area contributed by atoms with Gasteiger partial charge < -0.3 is 10.2 Å². The number of hydrogen-bond acceptors (Lipinski definition) is 2. The van der Waals surface area contributed by atoms with Crippen LogP contribution in [0.3, 0.4) is 0 Å². The molecule has 2 aliphatic rings. The number of nitrogens with one attached hydrogen (secondary N) is 1. The van der Waals surface area contributed by atoms with Gasteiger partial charge in [-0.3, -0.25) is 0 Å². The topological polar surface area (TPSA) is 15.3 Å². The molecule has 0 aliphatic heterocycles. The predicted molar refractivity (Wildman–Crippen MR) is 69.7 cm³/mol. The standard InChI is InChI=1S/C14H28N2/c1-12(13-8-9-13)16(2)11-10-15-14-6-4-3-5-7-14/h12-15H,3-11H2,1-2H3. The van der Waals surface area contributed by atoms with E-state index in [0.29, 0.717) is 0 Å². The predicted octanol–water partition coefficient (Wildman–Crippen LogP) is 2.64. The Morgan fingerprint density at radius 3 is 2.44 bits per heavy atom. The van der Waals surface area contributed by atoms with Gasteiger partial charge in [0.25, 0.3) is 0 Å². The summed E-state index contributed by atoms with van der Waals surface area (Å²) in [4.78, 5) is 2.54. The third-order valence-corrected chi connectivity index (χ3v) is 4.50. The van der Waals surface area contributed by atoms with E-state index in [1.807, 2.05) is 0 Å². The van der Waals surface area contributed by atoms with Crippen molar-refractivity contribution in [3.05, 3.63) is 0 Å². The molecule has 0 bridgehead atoms. The Bertz CT molecular complexity index is 195. The van der Waals surface area contributed by atoms with Crippen molar-refractivity contribution in [2.45, 2.75) is 64.0 Å². The second kappa shape index (κ2) is 6.02. The lowest BCUT2D eigenvalue weighted by Gasteiger charge is -2.27. The van der Waals surface area contributed by atoms with E-state index < -0.39 is 0 Å². The molecule has 2 saturated carbocycles. The minimum absolute atomic E-state index is 0.799. The molecule has 1 atom stereocenters. The summed E-state index contributed by atoms with van der Waals surface area (Å²) >= 11 is 0. The first-order valence-corrected chi connectivity index (χ1v) is 7.21. The third-order valence-electron chi connectivity index (χ3n) is 4.50. The van der Waals surface area contributed by atoms with E-state index in [4.69, 9.17) is 0 Å². The lowest BCUT2D eigenvalue weighted by Crippen LogP contribution is -2.40. The first-order chi connectivity index (χ1) is 7.77. The van der Waals surface area contributed by atoms with Crippen LogP contribution in [-0.4, -0.2) is 37.1 Å². The SMILES string of the molecule is CC(C1CC1)N(C)CCNC1CCCCC1. The van der Waals surface area contributed by atoms with Crippen molar-refractivity contribution in [1.82, 2.24) is 10.2 Å². The van der Waals surface area contributed by atoms with Crippen LogP contribution in [0.1, 0.15) is 51.9 Å². The fourth-order valence-corrected chi connectivity index (χ4v) is 2.89. The van der Waals surface area contributed by atoms with Crippen molar-refractivity contribution in [1.29, 1.82) is 0 Å². The van der Waals surface area contributed by atoms with Gasteiger partial charge >= 0.3 is 0 Å². The molecular weight excluding hydrogens is 196 g/mol. The lowest BCUT2D eigenvalue weighted by atomic mass is 9.95. The molecule has 2 rings (SSSR count). The van der Waals surface area contributed by atoms with E-state index in [2.05, 4.69) is 24.2 Å². The molecule has 2 nitrogen and oxygen atoms in total. The number of rotatable bonds is 6. The molecule has 0 aromatic heterocycles. The van der Waals surface area contributed by atoms with E-state index in [9.17, 15) is 0 Å². The van der Waals surface area contributed by atoms with Crippen LogP contribution in [0.5, 0.6) is 0 Å². The van der Waals surface area contributed by atoms with E-state index in [0.717, 1.165) is 18.0 Å². The maximum atomic E-state index is 3.73. The Morgan fingerprint density at radius 1 is 1.12 bits per heavy atom. The third kappa shape index (κ3) is 3.74. The molecule has 1 unspecified atom stereocenters. The smallest absolute Gasteiger partial charge is 0.0107 e. The number of nitrogens with zero attached hydrogens (tertiary/aromatic N) is 1. The molecule has 16 heavy (non-hydrogen) atoms.